The third-order valence-corrected chi connectivity index (χ3v) is 4.95. The number of fused-ring (bicyclic) bond motifs is 1. The van der Waals surface area contributed by atoms with E-state index in [0.29, 0.717) is 6.04 Å². The van der Waals surface area contributed by atoms with Crippen LogP contribution in [0.3, 0.4) is 0 Å². The van der Waals surface area contributed by atoms with Gasteiger partial charge in [0, 0.05) is 18.6 Å². The van der Waals surface area contributed by atoms with Gasteiger partial charge < -0.3 is 0 Å². The molecule has 2 aliphatic carbocycles. The van der Waals surface area contributed by atoms with E-state index < -0.39 is 0 Å². The Labute approximate surface area is 111 Å². The Bertz CT molecular complexity index is 316. The topological polar surface area (TPSA) is 39.1 Å². The zero-order chi connectivity index (χ0) is 12.4. The van der Waals surface area contributed by atoms with Gasteiger partial charge in [-0.15, -0.1) is 0 Å². The summed E-state index contributed by atoms with van der Waals surface area (Å²) in [5.41, 5.74) is 0. The molecule has 0 spiro atoms. The van der Waals surface area contributed by atoms with E-state index in [4.69, 9.17) is 0 Å². The van der Waals surface area contributed by atoms with E-state index in [1.165, 1.54) is 57.9 Å². The molecule has 2 saturated carbocycles. The van der Waals surface area contributed by atoms with Gasteiger partial charge in [-0.25, -0.2) is 0 Å². The lowest BCUT2D eigenvalue weighted by molar-refractivity contribution is 0.0571. The molecule has 100 valence electrons. The fraction of sp³-hybridized carbons (Fsp3) is 0.933. The highest BCUT2D eigenvalue weighted by Crippen LogP contribution is 2.35. The molecule has 1 unspecified atom stereocenters. The van der Waals surface area contributed by atoms with Crippen LogP contribution in [0, 0.1) is 17.2 Å². The summed E-state index contributed by atoms with van der Waals surface area (Å²) in [6.45, 7) is 2.17. The van der Waals surface area contributed by atoms with Gasteiger partial charge in [-0.3, -0.25) is 10.2 Å². The molecule has 0 amide bonds. The van der Waals surface area contributed by atoms with Gasteiger partial charge in [0.05, 0.1) is 6.07 Å². The molecule has 3 atom stereocenters. The smallest absolute Gasteiger partial charge is 0.108 e. The molecule has 1 aliphatic heterocycles. The second-order valence-electron chi connectivity index (χ2n) is 6.37. The summed E-state index contributed by atoms with van der Waals surface area (Å²) in [6.07, 6.45) is 10.9. The van der Waals surface area contributed by atoms with Crippen molar-refractivity contribution in [2.24, 2.45) is 5.92 Å². The molecular weight excluding hydrogens is 222 g/mol. The van der Waals surface area contributed by atoms with Crippen LogP contribution in [0.2, 0.25) is 0 Å². The molecule has 0 aromatic rings. The minimum atomic E-state index is 0.0539. The average Bonchev–Trinajstić information content (AvgIpc) is 3.22. The molecule has 1 N–H and O–H groups in total. The SMILES string of the molecule is N#CC(CN1CCC[C@H]2CCCC[C@H]21)NC1CC1. The van der Waals surface area contributed by atoms with Crippen molar-refractivity contribution in [2.75, 3.05) is 13.1 Å². The number of nitriles is 1. The molecule has 0 aromatic heterocycles. The maximum absolute atomic E-state index is 9.29. The van der Waals surface area contributed by atoms with Crippen molar-refractivity contribution in [2.45, 2.75) is 69.5 Å². The first-order valence-electron chi connectivity index (χ1n) is 7.76. The minimum absolute atomic E-state index is 0.0539. The third-order valence-electron chi connectivity index (χ3n) is 4.95. The van der Waals surface area contributed by atoms with Gasteiger partial charge in [0.25, 0.3) is 0 Å². The summed E-state index contributed by atoms with van der Waals surface area (Å²) < 4.78 is 0. The molecule has 18 heavy (non-hydrogen) atoms. The van der Waals surface area contributed by atoms with Gasteiger partial charge in [-0.05, 0) is 51.0 Å². The van der Waals surface area contributed by atoms with Crippen molar-refractivity contribution >= 4 is 0 Å². The van der Waals surface area contributed by atoms with Crippen LogP contribution < -0.4 is 5.32 Å². The molecule has 0 bridgehead atoms. The van der Waals surface area contributed by atoms with E-state index in [9.17, 15) is 5.26 Å². The van der Waals surface area contributed by atoms with E-state index in [0.717, 1.165) is 18.5 Å². The Morgan fingerprint density at radius 3 is 2.67 bits per heavy atom. The first-order valence-corrected chi connectivity index (χ1v) is 7.76. The molecule has 3 rings (SSSR count). The second kappa shape index (κ2) is 5.59. The molecule has 3 fully saturated rings. The van der Waals surface area contributed by atoms with Crippen molar-refractivity contribution in [3.8, 4) is 6.07 Å². The number of hydrogen-bond donors (Lipinski definition) is 1. The van der Waals surface area contributed by atoms with Crippen LogP contribution in [0.15, 0.2) is 0 Å². The van der Waals surface area contributed by atoms with Gasteiger partial charge in [-0.1, -0.05) is 12.8 Å². The minimum Gasteiger partial charge on any atom is -0.298 e. The van der Waals surface area contributed by atoms with Crippen molar-refractivity contribution in [1.29, 1.82) is 5.26 Å². The maximum atomic E-state index is 9.29. The van der Waals surface area contributed by atoms with Gasteiger partial charge in [0.2, 0.25) is 0 Å². The van der Waals surface area contributed by atoms with Crippen molar-refractivity contribution < 1.29 is 0 Å². The van der Waals surface area contributed by atoms with E-state index in [2.05, 4.69) is 16.3 Å². The van der Waals surface area contributed by atoms with E-state index in [-0.39, 0.29) is 6.04 Å². The largest absolute Gasteiger partial charge is 0.298 e. The Hall–Kier alpha value is -0.590. The second-order valence-corrected chi connectivity index (χ2v) is 6.37. The lowest BCUT2D eigenvalue weighted by atomic mass is 9.78. The van der Waals surface area contributed by atoms with Crippen LogP contribution in [0.5, 0.6) is 0 Å². The third kappa shape index (κ3) is 2.87. The zero-order valence-electron chi connectivity index (χ0n) is 11.3. The standard InChI is InChI=1S/C15H25N3/c16-10-14(17-13-7-8-13)11-18-9-3-5-12-4-1-2-6-15(12)18/h12-15,17H,1-9,11H2/t12-,14?,15-/m1/s1. The highest BCUT2D eigenvalue weighted by atomic mass is 15.2. The van der Waals surface area contributed by atoms with Crippen molar-refractivity contribution in [3.63, 3.8) is 0 Å². The number of hydrogen-bond acceptors (Lipinski definition) is 3. The Balaban J connectivity index is 1.57. The molecular formula is C15H25N3. The van der Waals surface area contributed by atoms with Crippen LogP contribution in [0.4, 0.5) is 0 Å². The van der Waals surface area contributed by atoms with Crippen LogP contribution >= 0.6 is 0 Å². The monoisotopic (exact) mass is 247 g/mol. The van der Waals surface area contributed by atoms with Gasteiger partial charge in [0.1, 0.15) is 6.04 Å². The number of nitrogens with zero attached hydrogens (tertiary/aromatic N) is 2. The van der Waals surface area contributed by atoms with Crippen LogP contribution in [0.1, 0.15) is 51.4 Å². The molecule has 0 aromatic carbocycles. The van der Waals surface area contributed by atoms with Crippen LogP contribution in [-0.2, 0) is 0 Å². The number of likely N-dealkylation sites (tertiary alicyclic amines) is 1. The highest BCUT2D eigenvalue weighted by Gasteiger charge is 2.34. The van der Waals surface area contributed by atoms with Gasteiger partial charge >= 0.3 is 0 Å². The quantitative estimate of drug-likeness (QED) is 0.828. The molecule has 3 nitrogen and oxygen atoms in total. The number of piperidine rings is 1. The highest BCUT2D eigenvalue weighted by molar-refractivity contribution is 4.99. The lowest BCUT2D eigenvalue weighted by Crippen LogP contribution is -2.51. The Morgan fingerprint density at radius 2 is 1.89 bits per heavy atom. The summed E-state index contributed by atoms with van der Waals surface area (Å²) in [5, 5.41) is 12.8. The Morgan fingerprint density at radius 1 is 1.11 bits per heavy atom. The van der Waals surface area contributed by atoms with Crippen LogP contribution in [0.25, 0.3) is 0 Å². The van der Waals surface area contributed by atoms with Gasteiger partial charge in [0.15, 0.2) is 0 Å². The van der Waals surface area contributed by atoms with Crippen LogP contribution in [-0.4, -0.2) is 36.1 Å². The normalized spacial score (nSPS) is 34.6. The Kier molecular flexibility index (Phi) is 3.86. The summed E-state index contributed by atoms with van der Waals surface area (Å²) >= 11 is 0. The predicted molar refractivity (Wildman–Crippen MR) is 72.1 cm³/mol. The lowest BCUT2D eigenvalue weighted by Gasteiger charge is -2.44. The van der Waals surface area contributed by atoms with E-state index in [1.54, 1.807) is 0 Å². The molecule has 3 aliphatic rings. The van der Waals surface area contributed by atoms with Crippen molar-refractivity contribution in [1.82, 2.24) is 10.2 Å². The molecule has 1 heterocycles. The predicted octanol–water partition coefficient (Wildman–Crippen LogP) is 2.29. The number of nitrogens with one attached hydrogen (secondary N) is 1. The first-order chi connectivity index (χ1) is 8.86. The maximum Gasteiger partial charge on any atom is 0.108 e. The molecule has 1 saturated heterocycles. The zero-order valence-corrected chi connectivity index (χ0v) is 11.3. The van der Waals surface area contributed by atoms with E-state index in [1.807, 2.05) is 0 Å². The fourth-order valence-electron chi connectivity index (χ4n) is 3.85. The number of rotatable bonds is 4. The first kappa shape index (κ1) is 12.4. The van der Waals surface area contributed by atoms with E-state index >= 15 is 0 Å². The summed E-state index contributed by atoms with van der Waals surface area (Å²) in [5.74, 6) is 0.924. The molecule has 3 heteroatoms. The average molecular weight is 247 g/mol. The summed E-state index contributed by atoms with van der Waals surface area (Å²) in [6, 6.07) is 3.94. The summed E-state index contributed by atoms with van der Waals surface area (Å²) in [7, 11) is 0. The molecule has 0 radical (unpaired) electrons. The fourth-order valence-corrected chi connectivity index (χ4v) is 3.85. The van der Waals surface area contributed by atoms with Crippen molar-refractivity contribution in [3.05, 3.63) is 0 Å². The van der Waals surface area contributed by atoms with Gasteiger partial charge in [-0.2, -0.15) is 5.26 Å². The summed E-state index contributed by atoms with van der Waals surface area (Å²) in [4.78, 5) is 2.62.